The molecule has 3 amide bonds. The third kappa shape index (κ3) is 8.50. The molecule has 11 nitrogen and oxygen atoms in total. The number of aliphatic carboxylic acids is 1. The molecule has 9 N–H and O–H groups in total. The van der Waals surface area contributed by atoms with Crippen LogP contribution in [0.5, 0.6) is 0 Å². The second-order valence-electron chi connectivity index (χ2n) is 10.7. The molecule has 11 heteroatoms. The number of piperidine rings is 1. The normalized spacial score (nSPS) is 19.2. The van der Waals surface area contributed by atoms with Gasteiger partial charge in [-0.2, -0.15) is 0 Å². The summed E-state index contributed by atoms with van der Waals surface area (Å²) in [6, 6.07) is 7.01. The molecule has 0 spiro atoms. The number of nitrogens with zero attached hydrogens (tertiary/aromatic N) is 1. The molecule has 38 heavy (non-hydrogen) atoms. The fraction of sp³-hybridized carbons (Fsp3) is 0.630. The van der Waals surface area contributed by atoms with Crippen LogP contribution in [-0.4, -0.2) is 77.0 Å². The van der Waals surface area contributed by atoms with E-state index in [1.165, 1.54) is 0 Å². The van der Waals surface area contributed by atoms with Gasteiger partial charge >= 0.3 is 5.97 Å². The van der Waals surface area contributed by atoms with Gasteiger partial charge in [-0.05, 0) is 63.0 Å². The zero-order valence-corrected chi connectivity index (χ0v) is 21.9. The average molecular weight is 531 g/mol. The molecule has 2 aliphatic rings. The highest BCUT2D eigenvalue weighted by Crippen LogP contribution is 2.33. The highest BCUT2D eigenvalue weighted by Gasteiger charge is 2.40. The molecule has 1 saturated heterocycles. The molecule has 1 saturated carbocycles. The van der Waals surface area contributed by atoms with E-state index in [1.807, 2.05) is 30.3 Å². The minimum atomic E-state index is -1.35. The van der Waals surface area contributed by atoms with E-state index >= 15 is 0 Å². The van der Waals surface area contributed by atoms with Gasteiger partial charge in [0.05, 0.1) is 6.04 Å². The lowest BCUT2D eigenvalue weighted by atomic mass is 9.88. The van der Waals surface area contributed by atoms with Gasteiger partial charge in [-0.25, -0.2) is 0 Å². The number of nitrogens with two attached hydrogens (primary N) is 3. The van der Waals surface area contributed by atoms with Crippen LogP contribution in [0.3, 0.4) is 0 Å². The number of unbranched alkanes of at least 4 members (excludes halogenated alkanes) is 1. The maximum Gasteiger partial charge on any atom is 0.323 e. The van der Waals surface area contributed by atoms with Crippen molar-refractivity contribution in [3.8, 4) is 0 Å². The molecule has 1 heterocycles. The number of hydrogen-bond acceptors (Lipinski definition) is 7. The van der Waals surface area contributed by atoms with Crippen molar-refractivity contribution >= 4 is 23.7 Å². The van der Waals surface area contributed by atoms with Crippen LogP contribution in [0.25, 0.3) is 0 Å². The van der Waals surface area contributed by atoms with E-state index in [4.69, 9.17) is 17.2 Å². The third-order valence-corrected chi connectivity index (χ3v) is 7.49. The summed E-state index contributed by atoms with van der Waals surface area (Å²) in [6.07, 6.45) is 4.81. The quantitative estimate of drug-likeness (QED) is 0.179. The number of hydrogen-bond donors (Lipinski definition) is 6. The number of carboxylic acid groups (broad SMARTS) is 1. The van der Waals surface area contributed by atoms with Crippen LogP contribution in [0.4, 0.5) is 0 Å². The van der Waals surface area contributed by atoms with Gasteiger partial charge in [0.1, 0.15) is 17.6 Å². The van der Waals surface area contributed by atoms with Gasteiger partial charge in [0.2, 0.25) is 17.7 Å². The van der Waals surface area contributed by atoms with E-state index < -0.39 is 41.4 Å². The maximum atomic E-state index is 13.4. The predicted molar refractivity (Wildman–Crippen MR) is 143 cm³/mol. The smallest absolute Gasteiger partial charge is 0.323 e. The minimum Gasteiger partial charge on any atom is -0.480 e. The molecule has 0 bridgehead atoms. The largest absolute Gasteiger partial charge is 0.480 e. The van der Waals surface area contributed by atoms with E-state index in [1.54, 1.807) is 4.90 Å². The van der Waals surface area contributed by atoms with E-state index in [9.17, 15) is 24.3 Å². The molecule has 3 rings (SSSR count). The SMILES string of the molecule is NCCCC[C@@H](NC(=O)C(CC1CC1)NC(=O)[C@H](N)Cc1ccccc1)C(=O)N1CCC(N)(C(=O)O)CC1. The molecule has 1 aliphatic heterocycles. The number of rotatable bonds is 14. The van der Waals surface area contributed by atoms with Crippen molar-refractivity contribution in [2.75, 3.05) is 19.6 Å². The van der Waals surface area contributed by atoms with Crippen LogP contribution in [0, 0.1) is 5.92 Å². The monoisotopic (exact) mass is 530 g/mol. The average Bonchev–Trinajstić information content (AvgIpc) is 3.72. The summed E-state index contributed by atoms with van der Waals surface area (Å²) in [4.78, 5) is 52.7. The first-order chi connectivity index (χ1) is 18.1. The second kappa shape index (κ2) is 13.7. The second-order valence-corrected chi connectivity index (χ2v) is 10.7. The van der Waals surface area contributed by atoms with Gasteiger partial charge in [-0.3, -0.25) is 19.2 Å². The van der Waals surface area contributed by atoms with E-state index in [0.717, 1.165) is 18.4 Å². The number of amides is 3. The Morgan fingerprint density at radius 3 is 2.21 bits per heavy atom. The number of nitrogens with one attached hydrogen (secondary N) is 2. The molecule has 210 valence electrons. The zero-order valence-electron chi connectivity index (χ0n) is 21.9. The summed E-state index contributed by atoms with van der Waals surface area (Å²) >= 11 is 0. The lowest BCUT2D eigenvalue weighted by Crippen LogP contribution is -2.60. The van der Waals surface area contributed by atoms with Crippen molar-refractivity contribution in [2.24, 2.45) is 23.1 Å². The predicted octanol–water partition coefficient (Wildman–Crippen LogP) is -0.140. The summed E-state index contributed by atoms with van der Waals surface area (Å²) in [5, 5.41) is 15.1. The van der Waals surface area contributed by atoms with Crippen LogP contribution in [0.1, 0.15) is 56.9 Å². The Bertz CT molecular complexity index is 962. The van der Waals surface area contributed by atoms with E-state index in [0.29, 0.717) is 44.6 Å². The Morgan fingerprint density at radius 2 is 1.63 bits per heavy atom. The lowest BCUT2D eigenvalue weighted by molar-refractivity contribution is -0.148. The van der Waals surface area contributed by atoms with Crippen LogP contribution in [-0.2, 0) is 25.6 Å². The summed E-state index contributed by atoms with van der Waals surface area (Å²) in [5.41, 5.74) is 17.3. The molecule has 1 aromatic carbocycles. The number of benzene rings is 1. The molecule has 1 aromatic rings. The van der Waals surface area contributed by atoms with Crippen molar-refractivity contribution in [1.29, 1.82) is 0 Å². The highest BCUT2D eigenvalue weighted by atomic mass is 16.4. The first-order valence-electron chi connectivity index (χ1n) is 13.5. The van der Waals surface area contributed by atoms with Gasteiger partial charge in [-0.1, -0.05) is 43.2 Å². The Labute approximate surface area is 223 Å². The summed E-state index contributed by atoms with van der Waals surface area (Å²) in [6.45, 7) is 0.857. The van der Waals surface area contributed by atoms with Crippen LogP contribution in [0.2, 0.25) is 0 Å². The van der Waals surface area contributed by atoms with Crippen molar-refractivity contribution < 1.29 is 24.3 Å². The zero-order chi connectivity index (χ0) is 27.7. The van der Waals surface area contributed by atoms with Crippen LogP contribution < -0.4 is 27.8 Å². The van der Waals surface area contributed by atoms with Crippen LogP contribution in [0.15, 0.2) is 30.3 Å². The number of carboxylic acids is 1. The minimum absolute atomic E-state index is 0.136. The third-order valence-electron chi connectivity index (χ3n) is 7.49. The number of carbonyl (C=O) groups excluding carboxylic acids is 3. The lowest BCUT2D eigenvalue weighted by Gasteiger charge is -2.38. The standard InChI is InChI=1S/C27H42N6O5/c28-13-5-4-8-21(25(36)33-14-11-27(30,12-15-33)26(37)38)31-24(35)22(17-19-9-10-19)32-23(34)20(29)16-18-6-2-1-3-7-18/h1-3,6-7,19-22H,4-5,8-17,28-30H2,(H,31,35)(H,32,34)(H,37,38)/t20-,21-,22?/m1/s1. The van der Waals surface area contributed by atoms with Gasteiger partial charge in [0.25, 0.3) is 0 Å². The summed E-state index contributed by atoms with van der Waals surface area (Å²) in [7, 11) is 0. The molecule has 1 aliphatic carbocycles. The fourth-order valence-corrected chi connectivity index (χ4v) is 4.74. The summed E-state index contributed by atoms with van der Waals surface area (Å²) in [5.74, 6) is -1.84. The van der Waals surface area contributed by atoms with E-state index in [2.05, 4.69) is 10.6 Å². The topological polar surface area (TPSA) is 194 Å². The first kappa shape index (κ1) is 29.5. The van der Waals surface area contributed by atoms with E-state index in [-0.39, 0.29) is 31.8 Å². The van der Waals surface area contributed by atoms with Crippen molar-refractivity contribution in [3.63, 3.8) is 0 Å². The molecule has 0 aromatic heterocycles. The number of carbonyl (C=O) groups is 4. The van der Waals surface area contributed by atoms with Crippen molar-refractivity contribution in [1.82, 2.24) is 15.5 Å². The molecule has 2 fully saturated rings. The summed E-state index contributed by atoms with van der Waals surface area (Å²) < 4.78 is 0. The van der Waals surface area contributed by atoms with Crippen molar-refractivity contribution in [2.45, 2.75) is 81.5 Å². The Morgan fingerprint density at radius 1 is 1.00 bits per heavy atom. The van der Waals surface area contributed by atoms with Crippen LogP contribution >= 0.6 is 0 Å². The Kier molecular flexibility index (Phi) is 10.6. The molecule has 0 radical (unpaired) electrons. The van der Waals surface area contributed by atoms with Gasteiger partial charge < -0.3 is 37.8 Å². The maximum absolute atomic E-state index is 13.4. The van der Waals surface area contributed by atoms with Gasteiger partial charge in [-0.15, -0.1) is 0 Å². The van der Waals surface area contributed by atoms with Gasteiger partial charge in [0.15, 0.2) is 0 Å². The molecule has 3 atom stereocenters. The Hall–Kier alpha value is -3.02. The fourth-order valence-electron chi connectivity index (χ4n) is 4.74. The van der Waals surface area contributed by atoms with Gasteiger partial charge in [0, 0.05) is 13.1 Å². The first-order valence-corrected chi connectivity index (χ1v) is 13.5. The Balaban J connectivity index is 1.64. The van der Waals surface area contributed by atoms with Crippen molar-refractivity contribution in [3.05, 3.63) is 35.9 Å². The molecular weight excluding hydrogens is 488 g/mol. The molecule has 1 unspecified atom stereocenters. The number of likely N-dealkylation sites (tertiary alicyclic amines) is 1. The highest BCUT2D eigenvalue weighted by molar-refractivity contribution is 5.93. The molecular formula is C27H42N6O5.